The smallest absolute Gasteiger partial charge is 0.313 e. The molecule has 3 nitrogen and oxygen atoms in total. The van der Waals surface area contributed by atoms with Crippen LogP contribution in [0.1, 0.15) is 56.0 Å². The van der Waals surface area contributed by atoms with Gasteiger partial charge in [-0.3, -0.25) is 0 Å². The summed E-state index contributed by atoms with van der Waals surface area (Å²) in [6.45, 7) is 8.88. The quantitative estimate of drug-likeness (QED) is 0.598. The van der Waals surface area contributed by atoms with E-state index in [1.165, 1.54) is 6.42 Å². The molecule has 1 aromatic rings. The van der Waals surface area contributed by atoms with E-state index in [2.05, 4.69) is 25.9 Å². The van der Waals surface area contributed by atoms with E-state index in [1.807, 2.05) is 19.1 Å². The van der Waals surface area contributed by atoms with Gasteiger partial charge in [-0.05, 0) is 49.7 Å². The van der Waals surface area contributed by atoms with Gasteiger partial charge in [0.05, 0.1) is 11.3 Å². The molecule has 0 aromatic heterocycles. The largest absolute Gasteiger partial charge is 0.365 e. The molecule has 0 amide bonds. The zero-order chi connectivity index (χ0) is 15.3. The summed E-state index contributed by atoms with van der Waals surface area (Å²) in [4.78, 5) is 17.3. The van der Waals surface area contributed by atoms with Gasteiger partial charge in [-0.1, -0.05) is 43.6 Å². The van der Waals surface area contributed by atoms with Crippen LogP contribution < -0.4 is 0 Å². The summed E-state index contributed by atoms with van der Waals surface area (Å²) < 4.78 is 0. The van der Waals surface area contributed by atoms with E-state index in [0.29, 0.717) is 11.5 Å². The van der Waals surface area contributed by atoms with Crippen molar-refractivity contribution in [3.8, 4) is 0 Å². The van der Waals surface area contributed by atoms with Crippen molar-refractivity contribution in [3.05, 3.63) is 35.4 Å². The minimum absolute atomic E-state index is 0.0746. The van der Waals surface area contributed by atoms with Gasteiger partial charge < -0.3 is 4.84 Å². The Labute approximate surface area is 126 Å². The molecule has 3 rings (SSSR count). The van der Waals surface area contributed by atoms with Crippen LogP contribution in [0.3, 0.4) is 0 Å². The van der Waals surface area contributed by atoms with E-state index in [1.54, 1.807) is 12.1 Å². The summed E-state index contributed by atoms with van der Waals surface area (Å²) in [7, 11) is 0. The number of aryl methyl sites for hydroxylation is 1. The van der Waals surface area contributed by atoms with Crippen LogP contribution in [-0.2, 0) is 4.84 Å². The third kappa shape index (κ3) is 2.10. The monoisotopic (exact) mass is 285 g/mol. The fourth-order valence-electron chi connectivity index (χ4n) is 3.91. The summed E-state index contributed by atoms with van der Waals surface area (Å²) in [5, 5.41) is 4.24. The van der Waals surface area contributed by atoms with Crippen LogP contribution in [0, 0.1) is 23.7 Å². The van der Waals surface area contributed by atoms with E-state index < -0.39 is 0 Å². The Hall–Kier alpha value is -1.64. The summed E-state index contributed by atoms with van der Waals surface area (Å²) in [6.07, 6.45) is 3.37. The highest BCUT2D eigenvalue weighted by atomic mass is 16.7. The molecule has 3 heteroatoms. The van der Waals surface area contributed by atoms with Crippen molar-refractivity contribution in [1.29, 1.82) is 0 Å². The zero-order valence-corrected chi connectivity index (χ0v) is 13.3. The molecule has 2 aliphatic carbocycles. The number of oxime groups is 1. The molecule has 0 unspecified atom stereocenters. The Morgan fingerprint density at radius 2 is 1.90 bits per heavy atom. The molecule has 21 heavy (non-hydrogen) atoms. The van der Waals surface area contributed by atoms with Gasteiger partial charge in [0.25, 0.3) is 0 Å². The summed E-state index contributed by atoms with van der Waals surface area (Å²) in [5.41, 5.74) is 3.06. The van der Waals surface area contributed by atoms with Crippen LogP contribution in [0.5, 0.6) is 0 Å². The highest BCUT2D eigenvalue weighted by Crippen LogP contribution is 2.63. The highest BCUT2D eigenvalue weighted by molar-refractivity contribution is 5.95. The minimum Gasteiger partial charge on any atom is -0.313 e. The Balaban J connectivity index is 1.76. The van der Waals surface area contributed by atoms with Crippen LogP contribution in [-0.4, -0.2) is 11.7 Å². The molecule has 0 radical (unpaired) electrons. The van der Waals surface area contributed by atoms with Gasteiger partial charge in [-0.2, -0.15) is 0 Å². The third-order valence-corrected chi connectivity index (χ3v) is 6.04. The third-order valence-electron chi connectivity index (χ3n) is 6.04. The van der Waals surface area contributed by atoms with E-state index in [0.717, 1.165) is 24.1 Å². The topological polar surface area (TPSA) is 38.7 Å². The maximum Gasteiger partial charge on any atom is 0.365 e. The number of hydrogen-bond acceptors (Lipinski definition) is 3. The molecule has 1 aromatic carbocycles. The number of rotatable bonds is 2. The summed E-state index contributed by atoms with van der Waals surface area (Å²) in [6, 6.07) is 7.38. The zero-order valence-electron chi connectivity index (χ0n) is 13.3. The second kappa shape index (κ2) is 4.69. The van der Waals surface area contributed by atoms with Crippen molar-refractivity contribution in [2.24, 2.45) is 21.9 Å². The fourth-order valence-corrected chi connectivity index (χ4v) is 3.91. The van der Waals surface area contributed by atoms with Gasteiger partial charge in [0.2, 0.25) is 0 Å². The van der Waals surface area contributed by atoms with E-state index in [9.17, 15) is 4.79 Å². The minimum atomic E-state index is -0.369. The first-order chi connectivity index (χ1) is 9.84. The Morgan fingerprint density at radius 1 is 1.24 bits per heavy atom. The van der Waals surface area contributed by atoms with Gasteiger partial charge in [-0.15, -0.1) is 0 Å². The molecule has 2 saturated carbocycles. The van der Waals surface area contributed by atoms with Crippen LogP contribution >= 0.6 is 0 Å². The second-order valence-corrected chi connectivity index (χ2v) is 7.28. The molecule has 2 bridgehead atoms. The normalized spacial score (nSPS) is 31.6. The van der Waals surface area contributed by atoms with Gasteiger partial charge in [0, 0.05) is 5.41 Å². The van der Waals surface area contributed by atoms with Crippen molar-refractivity contribution in [2.45, 2.75) is 47.0 Å². The predicted octanol–water partition coefficient (Wildman–Crippen LogP) is 4.35. The van der Waals surface area contributed by atoms with E-state index >= 15 is 0 Å². The average molecular weight is 285 g/mol. The van der Waals surface area contributed by atoms with E-state index in [-0.39, 0.29) is 16.8 Å². The van der Waals surface area contributed by atoms with E-state index in [4.69, 9.17) is 4.84 Å². The summed E-state index contributed by atoms with van der Waals surface area (Å²) in [5.74, 6) is 0.297. The molecule has 0 aliphatic heterocycles. The van der Waals surface area contributed by atoms with Crippen molar-refractivity contribution in [2.75, 3.05) is 0 Å². The first kappa shape index (κ1) is 14.3. The molecule has 0 heterocycles. The van der Waals surface area contributed by atoms with Crippen molar-refractivity contribution in [3.63, 3.8) is 0 Å². The van der Waals surface area contributed by atoms with Crippen LogP contribution in [0.4, 0.5) is 0 Å². The number of benzene rings is 1. The molecular weight excluding hydrogens is 262 g/mol. The maximum absolute atomic E-state index is 12.1. The fraction of sp³-hybridized carbons (Fsp3) is 0.556. The number of nitrogens with zero attached hydrogens (tertiary/aromatic N) is 1. The molecule has 0 spiro atoms. The van der Waals surface area contributed by atoms with Gasteiger partial charge in [-0.25, -0.2) is 4.79 Å². The van der Waals surface area contributed by atoms with Gasteiger partial charge in [0.15, 0.2) is 0 Å². The predicted molar refractivity (Wildman–Crippen MR) is 83.3 cm³/mol. The molecular formula is C18H23NO2. The number of hydrogen-bond donors (Lipinski definition) is 0. The van der Waals surface area contributed by atoms with Crippen molar-refractivity contribution < 1.29 is 9.63 Å². The first-order valence-electron chi connectivity index (χ1n) is 7.70. The number of carbonyl (C=O) groups is 1. The lowest BCUT2D eigenvalue weighted by molar-refractivity contribution is 0.0508. The maximum atomic E-state index is 12.1. The number of fused-ring (bicyclic) bond motifs is 2. The molecule has 2 fully saturated rings. The first-order valence-corrected chi connectivity index (χ1v) is 7.70. The molecule has 112 valence electrons. The van der Waals surface area contributed by atoms with Crippen LogP contribution in [0.15, 0.2) is 29.4 Å². The Morgan fingerprint density at radius 3 is 2.43 bits per heavy atom. The Kier molecular flexibility index (Phi) is 3.19. The molecule has 0 saturated heterocycles. The van der Waals surface area contributed by atoms with Crippen LogP contribution in [0.2, 0.25) is 0 Å². The lowest BCUT2D eigenvalue weighted by Gasteiger charge is -2.34. The lowest BCUT2D eigenvalue weighted by atomic mass is 9.70. The molecule has 2 aliphatic rings. The summed E-state index contributed by atoms with van der Waals surface area (Å²) >= 11 is 0. The highest BCUT2D eigenvalue weighted by Gasteiger charge is 2.60. The second-order valence-electron chi connectivity index (χ2n) is 7.28. The van der Waals surface area contributed by atoms with Crippen molar-refractivity contribution >= 4 is 11.7 Å². The van der Waals surface area contributed by atoms with Gasteiger partial charge in [0.1, 0.15) is 0 Å². The van der Waals surface area contributed by atoms with Crippen molar-refractivity contribution in [1.82, 2.24) is 0 Å². The van der Waals surface area contributed by atoms with Gasteiger partial charge >= 0.3 is 5.97 Å². The lowest BCUT2D eigenvalue weighted by Crippen LogP contribution is -2.32. The number of carbonyl (C=O) groups excluding carboxylic acids is 1. The average Bonchev–Trinajstić information content (AvgIpc) is 2.78. The van der Waals surface area contributed by atoms with Crippen LogP contribution in [0.25, 0.3) is 0 Å². The molecule has 2 atom stereocenters. The molecule has 0 N–H and O–H groups in total. The SMILES string of the molecule is Cc1ccc(C(=O)O/N=C2/C[C@@H]3CC[C@]2(C)C3(C)C)cc1. The Bertz CT molecular complexity index is 600. The standard InChI is InChI=1S/C18H23NO2/c1-12-5-7-13(8-6-12)16(20)21-19-15-11-14-9-10-18(15,4)17(14,2)3/h5-8,14H,9-11H2,1-4H3/b19-15-/t14-,18-/m0/s1.